The van der Waals surface area contributed by atoms with Crippen LogP contribution in [-0.2, 0) is 17.6 Å². The number of carbonyl (C=O) groups is 1. The van der Waals surface area contributed by atoms with Crippen LogP contribution in [0.25, 0.3) is 10.7 Å². The number of amides is 1. The van der Waals surface area contributed by atoms with Gasteiger partial charge >= 0.3 is 0 Å². The second-order valence-corrected chi connectivity index (χ2v) is 6.32. The van der Waals surface area contributed by atoms with Crippen LogP contribution in [0.2, 0.25) is 0 Å². The van der Waals surface area contributed by atoms with E-state index in [4.69, 9.17) is 4.52 Å². The number of pyridine rings is 1. The molecule has 0 aliphatic rings. The first-order chi connectivity index (χ1) is 11.7. The molecule has 0 unspecified atom stereocenters. The van der Waals surface area contributed by atoms with Gasteiger partial charge in [0.05, 0.1) is 4.88 Å². The highest BCUT2D eigenvalue weighted by atomic mass is 32.1. The summed E-state index contributed by atoms with van der Waals surface area (Å²) in [4.78, 5) is 23.5. The van der Waals surface area contributed by atoms with Gasteiger partial charge in [-0.05, 0) is 23.6 Å². The average molecular weight is 342 g/mol. The number of hydrogen-bond acceptors (Lipinski definition) is 6. The fraction of sp³-hybridized carbons (Fsp3) is 0.294. The second kappa shape index (κ2) is 7.83. The maximum absolute atomic E-state index is 12.2. The van der Waals surface area contributed by atoms with Crippen molar-refractivity contribution in [2.45, 2.75) is 19.3 Å². The average Bonchev–Trinajstić information content (AvgIpc) is 3.29. The quantitative estimate of drug-likeness (QED) is 0.660. The number of rotatable bonds is 7. The zero-order valence-electron chi connectivity index (χ0n) is 13.4. The summed E-state index contributed by atoms with van der Waals surface area (Å²) < 4.78 is 5.21. The lowest BCUT2D eigenvalue weighted by Crippen LogP contribution is -2.29. The van der Waals surface area contributed by atoms with Gasteiger partial charge in [0.25, 0.3) is 0 Å². The van der Waals surface area contributed by atoms with Crippen molar-refractivity contribution in [1.29, 1.82) is 0 Å². The molecule has 3 rings (SSSR count). The largest absolute Gasteiger partial charge is 0.345 e. The number of carbonyl (C=O) groups excluding carboxylic acids is 1. The van der Waals surface area contributed by atoms with Crippen LogP contribution in [0.4, 0.5) is 0 Å². The van der Waals surface area contributed by atoms with Crippen molar-refractivity contribution in [3.05, 3.63) is 53.5 Å². The monoisotopic (exact) mass is 342 g/mol. The Bertz CT molecular complexity index is 771. The number of thiophene rings is 1. The molecule has 3 aromatic rings. The first-order valence-corrected chi connectivity index (χ1v) is 8.60. The molecule has 0 atom stereocenters. The van der Waals surface area contributed by atoms with Gasteiger partial charge in [0.1, 0.15) is 0 Å². The van der Waals surface area contributed by atoms with E-state index in [1.165, 1.54) is 0 Å². The van der Waals surface area contributed by atoms with Crippen LogP contribution in [0, 0.1) is 0 Å². The third-order valence-corrected chi connectivity index (χ3v) is 4.48. The molecule has 0 aromatic carbocycles. The third kappa shape index (κ3) is 4.26. The lowest BCUT2D eigenvalue weighted by atomic mass is 10.2. The molecular weight excluding hydrogens is 324 g/mol. The van der Waals surface area contributed by atoms with E-state index in [0.29, 0.717) is 31.1 Å². The molecule has 0 N–H and O–H groups in total. The number of hydrogen-bond donors (Lipinski definition) is 0. The van der Waals surface area contributed by atoms with E-state index in [-0.39, 0.29) is 5.91 Å². The molecule has 0 saturated heterocycles. The van der Waals surface area contributed by atoms with Crippen molar-refractivity contribution in [2.24, 2.45) is 0 Å². The summed E-state index contributed by atoms with van der Waals surface area (Å²) >= 11 is 1.56. The van der Waals surface area contributed by atoms with Gasteiger partial charge in [-0.25, -0.2) is 0 Å². The third-order valence-electron chi connectivity index (χ3n) is 3.62. The number of aromatic nitrogens is 3. The van der Waals surface area contributed by atoms with E-state index >= 15 is 0 Å². The van der Waals surface area contributed by atoms with Gasteiger partial charge in [-0.15, -0.1) is 11.3 Å². The Labute approximate surface area is 144 Å². The van der Waals surface area contributed by atoms with Gasteiger partial charge in [-0.2, -0.15) is 4.98 Å². The zero-order valence-corrected chi connectivity index (χ0v) is 14.2. The summed E-state index contributed by atoms with van der Waals surface area (Å²) in [5.41, 5.74) is 0.981. The zero-order chi connectivity index (χ0) is 16.8. The highest BCUT2D eigenvalue weighted by Crippen LogP contribution is 2.21. The number of nitrogens with zero attached hydrogens (tertiary/aromatic N) is 4. The maximum atomic E-state index is 12.2. The Morgan fingerprint density at radius 1 is 1.25 bits per heavy atom. The normalized spacial score (nSPS) is 10.7. The summed E-state index contributed by atoms with van der Waals surface area (Å²) in [6.45, 7) is 0.639. The van der Waals surface area contributed by atoms with E-state index in [1.807, 2.05) is 35.7 Å². The van der Waals surface area contributed by atoms with Gasteiger partial charge in [-0.3, -0.25) is 9.78 Å². The van der Waals surface area contributed by atoms with E-state index in [2.05, 4.69) is 15.1 Å². The van der Waals surface area contributed by atoms with Crippen molar-refractivity contribution < 1.29 is 9.32 Å². The van der Waals surface area contributed by atoms with Gasteiger partial charge < -0.3 is 9.42 Å². The molecule has 1 amide bonds. The standard InChI is InChI=1S/C17H18N4O2S/c1-21(11-9-13-5-2-3-10-18-13)16(22)8-7-15-19-17(20-23-15)14-6-4-12-24-14/h2-6,10,12H,7-9,11H2,1H3. The Morgan fingerprint density at radius 3 is 2.92 bits per heavy atom. The predicted octanol–water partition coefficient (Wildman–Crippen LogP) is 2.83. The van der Waals surface area contributed by atoms with Crippen molar-refractivity contribution in [1.82, 2.24) is 20.0 Å². The van der Waals surface area contributed by atoms with E-state index < -0.39 is 0 Å². The second-order valence-electron chi connectivity index (χ2n) is 5.38. The molecule has 124 valence electrons. The van der Waals surface area contributed by atoms with Crippen LogP contribution >= 0.6 is 11.3 Å². The van der Waals surface area contributed by atoms with Crippen LogP contribution in [0.15, 0.2) is 46.4 Å². The molecule has 0 aliphatic heterocycles. The van der Waals surface area contributed by atoms with Gasteiger partial charge in [0.2, 0.25) is 17.6 Å². The van der Waals surface area contributed by atoms with Crippen LogP contribution in [0.5, 0.6) is 0 Å². The lowest BCUT2D eigenvalue weighted by Gasteiger charge is -2.16. The molecule has 3 heterocycles. The summed E-state index contributed by atoms with van der Waals surface area (Å²) in [6, 6.07) is 9.67. The van der Waals surface area contributed by atoms with Crippen molar-refractivity contribution in [3.63, 3.8) is 0 Å². The van der Waals surface area contributed by atoms with Crippen molar-refractivity contribution in [2.75, 3.05) is 13.6 Å². The number of likely N-dealkylation sites (N-methyl/N-ethyl adjacent to an activating group) is 1. The Balaban J connectivity index is 1.46. The Kier molecular flexibility index (Phi) is 5.32. The highest BCUT2D eigenvalue weighted by molar-refractivity contribution is 7.13. The molecular formula is C17H18N4O2S. The minimum atomic E-state index is 0.0572. The first kappa shape index (κ1) is 16.3. The topological polar surface area (TPSA) is 72.1 Å². The SMILES string of the molecule is CN(CCc1ccccn1)C(=O)CCc1nc(-c2cccs2)no1. The van der Waals surface area contributed by atoms with Crippen LogP contribution in [0.1, 0.15) is 18.0 Å². The van der Waals surface area contributed by atoms with Crippen LogP contribution in [0.3, 0.4) is 0 Å². The molecule has 0 radical (unpaired) electrons. The lowest BCUT2D eigenvalue weighted by molar-refractivity contribution is -0.129. The highest BCUT2D eigenvalue weighted by Gasteiger charge is 2.13. The fourth-order valence-corrected chi connectivity index (χ4v) is 2.87. The van der Waals surface area contributed by atoms with Gasteiger partial charge in [0, 0.05) is 44.7 Å². The molecule has 0 fully saturated rings. The predicted molar refractivity (Wildman–Crippen MR) is 91.5 cm³/mol. The first-order valence-electron chi connectivity index (χ1n) is 7.73. The molecule has 6 nitrogen and oxygen atoms in total. The maximum Gasteiger partial charge on any atom is 0.227 e. The summed E-state index contributed by atoms with van der Waals surface area (Å²) in [5.74, 6) is 1.13. The van der Waals surface area contributed by atoms with E-state index in [1.54, 1.807) is 29.5 Å². The molecule has 0 spiro atoms. The molecule has 0 saturated carbocycles. The Morgan fingerprint density at radius 2 is 2.17 bits per heavy atom. The smallest absolute Gasteiger partial charge is 0.227 e. The van der Waals surface area contributed by atoms with Crippen molar-refractivity contribution in [3.8, 4) is 10.7 Å². The molecule has 0 bridgehead atoms. The van der Waals surface area contributed by atoms with E-state index in [0.717, 1.165) is 17.0 Å². The summed E-state index contributed by atoms with van der Waals surface area (Å²) in [5, 5.41) is 5.91. The molecule has 24 heavy (non-hydrogen) atoms. The van der Waals surface area contributed by atoms with Crippen LogP contribution < -0.4 is 0 Å². The number of aryl methyl sites for hydroxylation is 1. The Hall–Kier alpha value is -2.54. The van der Waals surface area contributed by atoms with Gasteiger partial charge in [-0.1, -0.05) is 17.3 Å². The minimum Gasteiger partial charge on any atom is -0.345 e. The summed E-state index contributed by atoms with van der Waals surface area (Å²) in [7, 11) is 1.80. The van der Waals surface area contributed by atoms with Crippen LogP contribution in [-0.4, -0.2) is 39.5 Å². The molecule has 3 aromatic heterocycles. The van der Waals surface area contributed by atoms with E-state index in [9.17, 15) is 4.79 Å². The van der Waals surface area contributed by atoms with Crippen molar-refractivity contribution >= 4 is 17.2 Å². The molecule has 0 aliphatic carbocycles. The molecule has 7 heteroatoms. The summed E-state index contributed by atoms with van der Waals surface area (Å²) in [6.07, 6.45) is 3.31. The fourth-order valence-electron chi connectivity index (χ4n) is 2.22. The van der Waals surface area contributed by atoms with Gasteiger partial charge in [0.15, 0.2) is 0 Å². The minimum absolute atomic E-state index is 0.0572.